The lowest BCUT2D eigenvalue weighted by Gasteiger charge is -2.30. The average Bonchev–Trinajstić information content (AvgIpc) is 2.80. The van der Waals surface area contributed by atoms with E-state index in [2.05, 4.69) is 31.1 Å². The highest BCUT2D eigenvalue weighted by Crippen LogP contribution is 2.47. The maximum absolute atomic E-state index is 13.0. The first-order valence-electron chi connectivity index (χ1n) is 10.9. The van der Waals surface area contributed by atoms with Crippen LogP contribution >= 0.6 is 11.8 Å². The van der Waals surface area contributed by atoms with Gasteiger partial charge in [-0.05, 0) is 31.0 Å². The molecule has 0 saturated carbocycles. The van der Waals surface area contributed by atoms with Gasteiger partial charge in [-0.2, -0.15) is 0 Å². The lowest BCUT2D eigenvalue weighted by molar-refractivity contribution is -0.141. The first-order valence-corrected chi connectivity index (χ1v) is 11.7. The Morgan fingerprint density at radius 1 is 1.09 bits per heavy atom. The van der Waals surface area contributed by atoms with Crippen LogP contribution in [0.3, 0.4) is 0 Å². The number of carboxylic acid groups (broad SMARTS) is 1. The number of hydrogen-bond acceptors (Lipinski definition) is 7. The van der Waals surface area contributed by atoms with E-state index in [1.807, 2.05) is 12.1 Å². The van der Waals surface area contributed by atoms with Gasteiger partial charge in [-0.3, -0.25) is 19.4 Å². The number of para-hydroxylation sites is 1. The number of rotatable bonds is 7. The molecule has 3 rings (SSSR count). The number of ketones is 1. The molecule has 1 aliphatic rings. The van der Waals surface area contributed by atoms with Gasteiger partial charge in [-0.1, -0.05) is 44.7 Å². The molecule has 0 radical (unpaired) electrons. The summed E-state index contributed by atoms with van der Waals surface area (Å²) in [5, 5.41) is 11.0. The zero-order chi connectivity index (χ0) is 26.1. The maximum atomic E-state index is 13.0. The predicted molar refractivity (Wildman–Crippen MR) is 129 cm³/mol. The van der Waals surface area contributed by atoms with Crippen molar-refractivity contribution in [3.63, 3.8) is 0 Å². The molecule has 2 N–H and O–H groups in total. The number of hydrogen-bond donors (Lipinski definition) is 2. The van der Waals surface area contributed by atoms with Crippen molar-refractivity contribution in [3.8, 4) is 0 Å². The van der Waals surface area contributed by atoms with Crippen LogP contribution in [-0.2, 0) is 19.1 Å². The van der Waals surface area contributed by atoms with Crippen LogP contribution in [0, 0.1) is 5.92 Å². The fourth-order valence-electron chi connectivity index (χ4n) is 2.87. The van der Waals surface area contributed by atoms with Gasteiger partial charge >= 0.3 is 12.1 Å². The van der Waals surface area contributed by atoms with Gasteiger partial charge in [0, 0.05) is 17.3 Å². The van der Waals surface area contributed by atoms with E-state index >= 15 is 0 Å². The Hall–Kier alpha value is -3.47. The van der Waals surface area contributed by atoms with Gasteiger partial charge in [-0.25, -0.2) is 14.1 Å². The number of benzene rings is 1. The number of alkyl halides is 1. The molecular weight excluding hydrogens is 477 g/mol. The molecule has 1 aliphatic heterocycles. The summed E-state index contributed by atoms with van der Waals surface area (Å²) in [4.78, 5) is 54.6. The van der Waals surface area contributed by atoms with E-state index in [-0.39, 0.29) is 0 Å². The van der Waals surface area contributed by atoms with E-state index < -0.39 is 49.0 Å². The Balaban J connectivity index is 0.00000100. The number of nitrogens with one attached hydrogen (secondary N) is 1. The van der Waals surface area contributed by atoms with Crippen LogP contribution in [0.15, 0.2) is 52.5 Å². The van der Waals surface area contributed by atoms with Crippen LogP contribution in [0.1, 0.15) is 34.1 Å². The minimum Gasteiger partial charge on any atom is -0.481 e. The summed E-state index contributed by atoms with van der Waals surface area (Å²) >= 11 is 1.43. The average molecular weight is 506 g/mol. The number of aliphatic carboxylic acids is 1. The third kappa shape index (κ3) is 7.78. The fourth-order valence-corrected chi connectivity index (χ4v) is 3.89. The highest BCUT2D eigenvalue weighted by atomic mass is 32.2. The number of nitrogens with zero attached hydrogens (tertiary/aromatic N) is 2. The molecule has 1 aromatic carbocycles. The van der Waals surface area contributed by atoms with Crippen LogP contribution in [0.5, 0.6) is 0 Å². The lowest BCUT2D eigenvalue weighted by atomic mass is 10.1. The van der Waals surface area contributed by atoms with Crippen molar-refractivity contribution in [2.45, 2.75) is 56.1 Å². The van der Waals surface area contributed by atoms with Gasteiger partial charge in [0.2, 0.25) is 0 Å². The van der Waals surface area contributed by atoms with Gasteiger partial charge in [0.1, 0.15) is 12.7 Å². The van der Waals surface area contributed by atoms with Crippen molar-refractivity contribution in [2.75, 3.05) is 11.6 Å². The van der Waals surface area contributed by atoms with Gasteiger partial charge in [0.25, 0.3) is 5.91 Å². The number of carbonyl (C=O) groups excluding carboxylic acids is 3. The molecule has 0 aliphatic carbocycles. The number of ether oxygens (including phenoxy) is 1. The number of Topliss-reactive ketones (excluding diaryl/α,β-unsaturated/α-hetero) is 1. The number of anilines is 2. The summed E-state index contributed by atoms with van der Waals surface area (Å²) in [5.41, 5.74) is 1.08. The Labute approximate surface area is 207 Å². The maximum Gasteiger partial charge on any atom is 0.419 e. The largest absolute Gasteiger partial charge is 0.481 e. The van der Waals surface area contributed by atoms with E-state index in [1.54, 1.807) is 24.4 Å². The Morgan fingerprint density at radius 2 is 1.71 bits per heavy atom. The van der Waals surface area contributed by atoms with Crippen molar-refractivity contribution in [1.29, 1.82) is 0 Å². The zero-order valence-corrected chi connectivity index (χ0v) is 20.7. The van der Waals surface area contributed by atoms with Crippen LogP contribution in [0.4, 0.5) is 20.6 Å². The molecule has 11 heteroatoms. The SMILES string of the molecule is CC(C)C.CC(OC(=O)N1c2ccccc2Sc2cnccc21)C(=O)NC(CC(=O)O)C(=O)CF. The molecule has 0 spiro atoms. The van der Waals surface area contributed by atoms with Crippen LogP contribution in [-0.4, -0.2) is 52.7 Å². The van der Waals surface area contributed by atoms with E-state index in [0.29, 0.717) is 16.3 Å². The predicted octanol–water partition coefficient (Wildman–Crippen LogP) is 4.37. The van der Waals surface area contributed by atoms with Crippen molar-refractivity contribution in [1.82, 2.24) is 10.3 Å². The minimum absolute atomic E-state index is 0.521. The molecule has 2 atom stereocenters. The Bertz CT molecular complexity index is 1030. The molecule has 1 aromatic heterocycles. The molecule has 2 heterocycles. The molecule has 188 valence electrons. The van der Waals surface area contributed by atoms with Crippen LogP contribution < -0.4 is 10.2 Å². The summed E-state index contributed by atoms with van der Waals surface area (Å²) in [7, 11) is 0. The highest BCUT2D eigenvalue weighted by Gasteiger charge is 2.32. The molecule has 35 heavy (non-hydrogen) atoms. The number of carboxylic acids is 1. The normalized spacial score (nSPS) is 13.4. The number of aromatic nitrogens is 1. The van der Waals surface area contributed by atoms with Gasteiger partial charge < -0.3 is 15.2 Å². The molecule has 0 saturated heterocycles. The topological polar surface area (TPSA) is 126 Å². The highest BCUT2D eigenvalue weighted by molar-refractivity contribution is 7.99. The number of carbonyl (C=O) groups is 4. The summed E-state index contributed by atoms with van der Waals surface area (Å²) in [5.74, 6) is -2.56. The van der Waals surface area contributed by atoms with Crippen molar-refractivity contribution in [2.24, 2.45) is 5.92 Å². The van der Waals surface area contributed by atoms with Gasteiger partial charge in [-0.15, -0.1) is 0 Å². The second-order valence-corrected chi connectivity index (χ2v) is 9.35. The number of fused-ring (bicyclic) bond motifs is 2. The quantitative estimate of drug-likeness (QED) is 0.568. The van der Waals surface area contributed by atoms with Crippen LogP contribution in [0.2, 0.25) is 0 Å². The van der Waals surface area contributed by atoms with E-state index in [9.17, 15) is 23.6 Å². The second-order valence-electron chi connectivity index (χ2n) is 8.27. The Morgan fingerprint density at radius 3 is 2.34 bits per heavy atom. The van der Waals surface area contributed by atoms with E-state index in [0.717, 1.165) is 10.8 Å². The van der Waals surface area contributed by atoms with Gasteiger partial charge in [0.15, 0.2) is 11.9 Å². The molecule has 2 aromatic rings. The fraction of sp³-hybridized carbons (Fsp3) is 0.375. The molecule has 2 amide bonds. The van der Waals surface area contributed by atoms with Crippen molar-refractivity contribution >= 4 is 46.9 Å². The van der Waals surface area contributed by atoms with E-state index in [1.165, 1.54) is 29.8 Å². The first-order chi connectivity index (χ1) is 16.5. The van der Waals surface area contributed by atoms with E-state index in [4.69, 9.17) is 9.84 Å². The summed E-state index contributed by atoms with van der Waals surface area (Å²) in [6.07, 6.45) is 0.109. The molecular formula is C24H28FN3O6S. The third-order valence-electron chi connectivity index (χ3n) is 4.37. The standard InChI is InChI=1S/C20H18FN3O6S.C4H10/c1-11(19(28)23-12(8-18(26)27)15(25)9-21)30-20(29)24-13-4-2-3-5-16(13)31-17-10-22-7-6-14(17)24;1-4(2)3/h2-7,10-12H,8-9H2,1H3,(H,23,28)(H,26,27);4H,1-3H3. The third-order valence-corrected chi connectivity index (χ3v) is 5.47. The molecule has 9 nitrogen and oxygen atoms in total. The molecule has 0 fully saturated rings. The zero-order valence-electron chi connectivity index (χ0n) is 19.9. The summed E-state index contributed by atoms with van der Waals surface area (Å²) < 4.78 is 18.0. The number of pyridine rings is 1. The smallest absolute Gasteiger partial charge is 0.419 e. The monoisotopic (exact) mass is 505 g/mol. The summed E-state index contributed by atoms with van der Waals surface area (Å²) in [6.45, 7) is 6.34. The van der Waals surface area contributed by atoms with Crippen LogP contribution in [0.25, 0.3) is 0 Å². The summed E-state index contributed by atoms with van der Waals surface area (Å²) in [6, 6.07) is 7.19. The minimum atomic E-state index is -1.56. The lowest BCUT2D eigenvalue weighted by Crippen LogP contribution is -2.48. The van der Waals surface area contributed by atoms with Gasteiger partial charge in [0.05, 0.1) is 22.7 Å². The van der Waals surface area contributed by atoms with Crippen molar-refractivity contribution in [3.05, 3.63) is 42.7 Å². The second kappa shape index (κ2) is 12.8. The number of halogens is 1. The molecule has 2 unspecified atom stereocenters. The number of amides is 2. The van der Waals surface area contributed by atoms with Crippen molar-refractivity contribution < 1.29 is 33.4 Å². The Kier molecular flexibility index (Phi) is 10.2. The first kappa shape index (κ1) is 27.8. The molecule has 0 bridgehead atoms.